The molecular formula is C7H18IN3O. The lowest BCUT2D eigenvalue weighted by atomic mass is 10.2. The molecule has 0 atom stereocenters. The Morgan fingerprint density at radius 1 is 1.08 bits per heavy atom. The number of carbonyl (C=O) groups excluding carboxylic acids is 1. The average molecular weight is 287 g/mol. The summed E-state index contributed by atoms with van der Waals surface area (Å²) < 4.78 is 0.414. The molecule has 0 aromatic carbocycles. The van der Waals surface area contributed by atoms with Crippen LogP contribution in [0.15, 0.2) is 0 Å². The van der Waals surface area contributed by atoms with Gasteiger partial charge in [0.1, 0.15) is 0 Å². The molecule has 0 radical (unpaired) electrons. The van der Waals surface area contributed by atoms with Gasteiger partial charge in [-0.25, -0.2) is 0 Å². The van der Waals surface area contributed by atoms with E-state index in [-0.39, 0.29) is 5.91 Å². The van der Waals surface area contributed by atoms with Crippen LogP contribution < -0.4 is 17.2 Å². The third kappa shape index (κ3) is 22.5. The molecule has 0 saturated carbocycles. The molecule has 1 amide bonds. The van der Waals surface area contributed by atoms with Crippen molar-refractivity contribution >= 4 is 28.5 Å². The van der Waals surface area contributed by atoms with Gasteiger partial charge in [0.2, 0.25) is 5.91 Å². The van der Waals surface area contributed by atoms with Gasteiger partial charge >= 0.3 is 0 Å². The summed E-state index contributed by atoms with van der Waals surface area (Å²) >= 11 is 1.90. The summed E-state index contributed by atoms with van der Waals surface area (Å²) in [6.45, 7) is 1.61. The van der Waals surface area contributed by atoms with E-state index in [9.17, 15) is 4.79 Å². The zero-order valence-corrected chi connectivity index (χ0v) is 9.42. The number of amides is 1. The van der Waals surface area contributed by atoms with Gasteiger partial charge in [-0.05, 0) is 25.9 Å². The maximum atomic E-state index is 9.58. The molecule has 74 valence electrons. The minimum atomic E-state index is -0.259. The zero-order chi connectivity index (χ0) is 9.82. The van der Waals surface area contributed by atoms with Crippen LogP contribution >= 0.6 is 22.6 Å². The highest BCUT2D eigenvalue weighted by Crippen LogP contribution is 1.88. The van der Waals surface area contributed by atoms with Crippen LogP contribution in [0.2, 0.25) is 0 Å². The van der Waals surface area contributed by atoms with E-state index in [1.165, 1.54) is 6.42 Å². The van der Waals surface area contributed by atoms with Crippen molar-refractivity contribution in [1.82, 2.24) is 0 Å². The van der Waals surface area contributed by atoms with E-state index in [1.54, 1.807) is 0 Å². The third-order valence-corrected chi connectivity index (χ3v) is 1.79. The Labute approximate surface area is 87.4 Å². The first-order valence-electron chi connectivity index (χ1n) is 3.93. The van der Waals surface area contributed by atoms with E-state index >= 15 is 0 Å². The predicted molar refractivity (Wildman–Crippen MR) is 60.0 cm³/mol. The van der Waals surface area contributed by atoms with Crippen molar-refractivity contribution < 1.29 is 4.79 Å². The molecule has 4 nitrogen and oxygen atoms in total. The molecule has 0 aliphatic heterocycles. The van der Waals surface area contributed by atoms with E-state index in [2.05, 4.69) is 5.73 Å². The molecule has 0 spiro atoms. The van der Waals surface area contributed by atoms with E-state index in [0.717, 1.165) is 25.9 Å². The van der Waals surface area contributed by atoms with Gasteiger partial charge in [-0.3, -0.25) is 4.79 Å². The number of rotatable bonds is 5. The molecule has 0 aromatic heterocycles. The first kappa shape index (κ1) is 14.6. The fourth-order valence-corrected chi connectivity index (χ4v) is 0.465. The van der Waals surface area contributed by atoms with Gasteiger partial charge in [0.05, 0.1) is 4.43 Å². The lowest BCUT2D eigenvalue weighted by Crippen LogP contribution is -2.10. The predicted octanol–water partition coefficient (Wildman–Crippen LogP) is -0.0192. The second kappa shape index (κ2) is 13.7. The molecule has 5 heteroatoms. The van der Waals surface area contributed by atoms with Crippen LogP contribution in [0, 0.1) is 0 Å². The third-order valence-electron chi connectivity index (χ3n) is 1.04. The molecule has 0 aliphatic carbocycles. The summed E-state index contributed by atoms with van der Waals surface area (Å²) in [6.07, 6.45) is 3.43. The van der Waals surface area contributed by atoms with Crippen molar-refractivity contribution in [2.75, 3.05) is 17.5 Å². The second-order valence-corrected chi connectivity index (χ2v) is 3.00. The number of primary amides is 1. The van der Waals surface area contributed by atoms with Crippen molar-refractivity contribution in [1.29, 1.82) is 0 Å². The summed E-state index contributed by atoms with van der Waals surface area (Å²) in [5.74, 6) is -0.259. The van der Waals surface area contributed by atoms with E-state index in [1.807, 2.05) is 22.6 Å². The largest absolute Gasteiger partial charge is 0.369 e. The van der Waals surface area contributed by atoms with Crippen molar-refractivity contribution in [3.63, 3.8) is 0 Å². The van der Waals surface area contributed by atoms with Crippen LogP contribution in [0.5, 0.6) is 0 Å². The van der Waals surface area contributed by atoms with Gasteiger partial charge < -0.3 is 17.2 Å². The lowest BCUT2D eigenvalue weighted by Gasteiger charge is -1.91. The molecule has 0 aromatic rings. The highest BCUT2D eigenvalue weighted by molar-refractivity contribution is 14.1. The molecule has 6 N–H and O–H groups in total. The van der Waals surface area contributed by atoms with Crippen molar-refractivity contribution in [2.24, 2.45) is 17.2 Å². The van der Waals surface area contributed by atoms with Crippen LogP contribution in [0.25, 0.3) is 0 Å². The lowest BCUT2D eigenvalue weighted by molar-refractivity contribution is -0.115. The van der Waals surface area contributed by atoms with Gasteiger partial charge in [0.25, 0.3) is 0 Å². The van der Waals surface area contributed by atoms with Crippen LogP contribution in [0.3, 0.4) is 0 Å². The van der Waals surface area contributed by atoms with Crippen LogP contribution in [-0.4, -0.2) is 23.4 Å². The summed E-state index contributed by atoms with van der Waals surface area (Å²) in [4.78, 5) is 9.58. The van der Waals surface area contributed by atoms with Crippen LogP contribution in [-0.2, 0) is 4.79 Å². The number of alkyl halides is 1. The van der Waals surface area contributed by atoms with E-state index in [0.29, 0.717) is 4.43 Å². The molecule has 0 rings (SSSR count). The topological polar surface area (TPSA) is 95.1 Å². The Hall–Kier alpha value is 0.120. The maximum absolute atomic E-state index is 9.58. The highest BCUT2D eigenvalue weighted by Gasteiger charge is 1.80. The van der Waals surface area contributed by atoms with Gasteiger partial charge in [0.15, 0.2) is 0 Å². The van der Waals surface area contributed by atoms with Crippen molar-refractivity contribution in [3.05, 3.63) is 0 Å². The Morgan fingerprint density at radius 2 is 1.42 bits per heavy atom. The highest BCUT2D eigenvalue weighted by atomic mass is 127. The normalized spacial score (nSPS) is 8.58. The molecular weight excluding hydrogens is 269 g/mol. The Bertz CT molecular complexity index is 96.7. The molecule has 0 bridgehead atoms. The fraction of sp³-hybridized carbons (Fsp3) is 0.857. The molecule has 0 unspecified atom stereocenters. The fourth-order valence-electron chi connectivity index (χ4n) is 0.465. The van der Waals surface area contributed by atoms with Crippen LogP contribution in [0.4, 0.5) is 0 Å². The summed E-state index contributed by atoms with van der Waals surface area (Å²) in [5.41, 5.74) is 15.1. The van der Waals surface area contributed by atoms with Crippen molar-refractivity contribution in [3.8, 4) is 0 Å². The van der Waals surface area contributed by atoms with Gasteiger partial charge in [-0.1, -0.05) is 29.0 Å². The Kier molecular flexibility index (Phi) is 16.7. The Balaban J connectivity index is 0. The molecule has 0 aliphatic rings. The minimum absolute atomic E-state index is 0.259. The first-order chi connectivity index (χ1) is 5.68. The van der Waals surface area contributed by atoms with Crippen molar-refractivity contribution in [2.45, 2.75) is 19.3 Å². The van der Waals surface area contributed by atoms with E-state index < -0.39 is 0 Å². The SMILES string of the molecule is NC(=O)CI.NCCCCCN. The number of nitrogens with two attached hydrogens (primary N) is 3. The first-order valence-corrected chi connectivity index (χ1v) is 5.46. The second-order valence-electron chi connectivity index (χ2n) is 2.24. The number of hydrogen-bond acceptors (Lipinski definition) is 3. The smallest absolute Gasteiger partial charge is 0.227 e. The molecule has 0 saturated heterocycles. The monoisotopic (exact) mass is 287 g/mol. The van der Waals surface area contributed by atoms with Gasteiger partial charge in [-0.2, -0.15) is 0 Å². The van der Waals surface area contributed by atoms with Crippen LogP contribution in [0.1, 0.15) is 19.3 Å². The zero-order valence-electron chi connectivity index (χ0n) is 7.26. The molecule has 12 heavy (non-hydrogen) atoms. The average Bonchev–Trinajstić information content (AvgIpc) is 2.07. The number of carbonyl (C=O) groups is 1. The molecule has 0 fully saturated rings. The molecule has 0 heterocycles. The quantitative estimate of drug-likeness (QED) is 0.377. The van der Waals surface area contributed by atoms with E-state index in [4.69, 9.17) is 11.5 Å². The number of hydrogen-bond donors (Lipinski definition) is 3. The standard InChI is InChI=1S/C5H14N2.C2H4INO/c6-4-2-1-3-5-7;3-1-2(4)5/h1-7H2;1H2,(H2,4,5). The summed E-state index contributed by atoms with van der Waals surface area (Å²) in [5, 5.41) is 0. The maximum Gasteiger partial charge on any atom is 0.227 e. The Morgan fingerprint density at radius 3 is 1.58 bits per heavy atom. The summed E-state index contributed by atoms with van der Waals surface area (Å²) in [6, 6.07) is 0. The van der Waals surface area contributed by atoms with Gasteiger partial charge in [0, 0.05) is 0 Å². The summed E-state index contributed by atoms with van der Waals surface area (Å²) in [7, 11) is 0. The van der Waals surface area contributed by atoms with Gasteiger partial charge in [-0.15, -0.1) is 0 Å². The number of halogens is 1. The number of unbranched alkanes of at least 4 members (excludes halogenated alkanes) is 2. The minimum Gasteiger partial charge on any atom is -0.369 e.